The second-order valence-corrected chi connectivity index (χ2v) is 5.64. The van der Waals surface area contributed by atoms with E-state index in [-0.39, 0.29) is 11.2 Å². The van der Waals surface area contributed by atoms with Crippen LogP contribution >= 0.6 is 0 Å². The first-order valence-corrected chi connectivity index (χ1v) is 6.22. The summed E-state index contributed by atoms with van der Waals surface area (Å²) >= 11 is 0. The van der Waals surface area contributed by atoms with Crippen molar-refractivity contribution in [3.8, 4) is 0 Å². The standard InChI is InChI=1S/C15H20N2O/c1-15(2,10-16)8-14(18)12-9-17(3)13-7-5-4-6-11(12)13/h4-7,9H,8,10,16H2,1-3H3. The molecule has 0 fully saturated rings. The van der Waals surface area contributed by atoms with E-state index in [4.69, 9.17) is 5.73 Å². The van der Waals surface area contributed by atoms with Crippen molar-refractivity contribution in [2.24, 2.45) is 18.2 Å². The maximum absolute atomic E-state index is 12.4. The third-order valence-corrected chi connectivity index (χ3v) is 3.39. The van der Waals surface area contributed by atoms with E-state index in [9.17, 15) is 4.79 Å². The lowest BCUT2D eigenvalue weighted by atomic mass is 9.86. The van der Waals surface area contributed by atoms with Gasteiger partial charge in [0.1, 0.15) is 0 Å². The van der Waals surface area contributed by atoms with E-state index in [1.54, 1.807) is 0 Å². The zero-order valence-electron chi connectivity index (χ0n) is 11.2. The molecule has 0 amide bonds. The number of hydrogen-bond acceptors (Lipinski definition) is 2. The lowest BCUT2D eigenvalue weighted by Gasteiger charge is -2.20. The van der Waals surface area contributed by atoms with E-state index in [1.807, 2.05) is 55.9 Å². The van der Waals surface area contributed by atoms with Crippen LogP contribution in [0.15, 0.2) is 30.5 Å². The number of para-hydroxylation sites is 1. The van der Waals surface area contributed by atoms with E-state index in [0.717, 1.165) is 16.5 Å². The van der Waals surface area contributed by atoms with Gasteiger partial charge in [0.15, 0.2) is 5.78 Å². The summed E-state index contributed by atoms with van der Waals surface area (Å²) in [5.41, 5.74) is 7.44. The number of benzene rings is 1. The number of carbonyl (C=O) groups is 1. The average molecular weight is 244 g/mol. The van der Waals surface area contributed by atoms with Gasteiger partial charge in [0, 0.05) is 36.1 Å². The molecule has 1 aromatic carbocycles. The Kier molecular flexibility index (Phi) is 3.26. The highest BCUT2D eigenvalue weighted by atomic mass is 16.1. The van der Waals surface area contributed by atoms with Gasteiger partial charge in [-0.25, -0.2) is 0 Å². The van der Waals surface area contributed by atoms with Crippen molar-refractivity contribution in [2.75, 3.05) is 6.54 Å². The average Bonchev–Trinajstić information content (AvgIpc) is 2.67. The van der Waals surface area contributed by atoms with Gasteiger partial charge in [0.2, 0.25) is 0 Å². The van der Waals surface area contributed by atoms with Gasteiger partial charge in [-0.05, 0) is 18.0 Å². The number of ketones is 1. The van der Waals surface area contributed by atoms with Gasteiger partial charge >= 0.3 is 0 Å². The monoisotopic (exact) mass is 244 g/mol. The molecule has 2 aromatic rings. The number of carbonyl (C=O) groups excluding carboxylic acids is 1. The molecule has 0 saturated carbocycles. The Hall–Kier alpha value is -1.61. The summed E-state index contributed by atoms with van der Waals surface area (Å²) in [5, 5.41) is 1.03. The summed E-state index contributed by atoms with van der Waals surface area (Å²) in [5.74, 6) is 0.169. The van der Waals surface area contributed by atoms with E-state index < -0.39 is 0 Å². The van der Waals surface area contributed by atoms with Crippen LogP contribution in [0.25, 0.3) is 10.9 Å². The van der Waals surface area contributed by atoms with Gasteiger partial charge in [-0.15, -0.1) is 0 Å². The maximum atomic E-state index is 12.4. The smallest absolute Gasteiger partial charge is 0.165 e. The predicted molar refractivity (Wildman–Crippen MR) is 74.7 cm³/mol. The Morgan fingerprint density at radius 3 is 2.67 bits per heavy atom. The Bertz CT molecular complexity index is 581. The summed E-state index contributed by atoms with van der Waals surface area (Å²) in [6, 6.07) is 7.98. The molecule has 0 aliphatic carbocycles. The molecule has 0 radical (unpaired) electrons. The van der Waals surface area contributed by atoms with E-state index in [0.29, 0.717) is 13.0 Å². The van der Waals surface area contributed by atoms with Crippen LogP contribution < -0.4 is 5.73 Å². The van der Waals surface area contributed by atoms with Gasteiger partial charge in [0.05, 0.1) is 0 Å². The molecular formula is C15H20N2O. The lowest BCUT2D eigenvalue weighted by molar-refractivity contribution is 0.0936. The number of aromatic nitrogens is 1. The largest absolute Gasteiger partial charge is 0.350 e. The molecule has 0 saturated heterocycles. The Morgan fingerprint density at radius 1 is 1.33 bits per heavy atom. The van der Waals surface area contributed by atoms with Crippen LogP contribution in [-0.4, -0.2) is 16.9 Å². The molecule has 0 unspecified atom stereocenters. The van der Waals surface area contributed by atoms with Crippen molar-refractivity contribution < 1.29 is 4.79 Å². The van der Waals surface area contributed by atoms with Gasteiger partial charge in [0.25, 0.3) is 0 Å². The Balaban J connectivity index is 2.40. The van der Waals surface area contributed by atoms with Crippen molar-refractivity contribution in [1.29, 1.82) is 0 Å². The highest BCUT2D eigenvalue weighted by Gasteiger charge is 2.23. The first-order chi connectivity index (χ1) is 8.44. The fraction of sp³-hybridized carbons (Fsp3) is 0.400. The van der Waals surface area contributed by atoms with Crippen molar-refractivity contribution in [3.05, 3.63) is 36.0 Å². The normalized spacial score (nSPS) is 12.0. The SMILES string of the molecule is Cn1cc(C(=O)CC(C)(C)CN)c2ccccc21. The first kappa shape index (κ1) is 12.8. The molecular weight excluding hydrogens is 224 g/mol. The third kappa shape index (κ3) is 2.31. The molecule has 3 nitrogen and oxygen atoms in total. The number of hydrogen-bond donors (Lipinski definition) is 1. The lowest BCUT2D eigenvalue weighted by Crippen LogP contribution is -2.26. The fourth-order valence-corrected chi connectivity index (χ4v) is 2.17. The van der Waals surface area contributed by atoms with Crippen LogP contribution in [-0.2, 0) is 7.05 Å². The third-order valence-electron chi connectivity index (χ3n) is 3.39. The number of aryl methyl sites for hydroxylation is 1. The second-order valence-electron chi connectivity index (χ2n) is 5.64. The minimum Gasteiger partial charge on any atom is -0.350 e. The number of nitrogens with zero attached hydrogens (tertiary/aromatic N) is 1. The fourth-order valence-electron chi connectivity index (χ4n) is 2.17. The van der Waals surface area contributed by atoms with E-state index in [1.165, 1.54) is 0 Å². The van der Waals surface area contributed by atoms with Crippen molar-refractivity contribution in [3.63, 3.8) is 0 Å². The Morgan fingerprint density at radius 2 is 2.00 bits per heavy atom. The number of Topliss-reactive ketones (excluding diaryl/α,β-unsaturated/α-hetero) is 1. The highest BCUT2D eigenvalue weighted by Crippen LogP contribution is 2.26. The maximum Gasteiger partial charge on any atom is 0.165 e. The zero-order valence-corrected chi connectivity index (χ0v) is 11.2. The molecule has 3 heteroatoms. The summed E-state index contributed by atoms with van der Waals surface area (Å²) in [7, 11) is 1.97. The molecule has 0 bridgehead atoms. The van der Waals surface area contributed by atoms with Crippen LogP contribution in [0.3, 0.4) is 0 Å². The molecule has 2 N–H and O–H groups in total. The molecule has 0 aliphatic heterocycles. The molecule has 96 valence electrons. The van der Waals surface area contributed by atoms with Crippen LogP contribution in [0.2, 0.25) is 0 Å². The van der Waals surface area contributed by atoms with Gasteiger partial charge < -0.3 is 10.3 Å². The quantitative estimate of drug-likeness (QED) is 0.841. The highest BCUT2D eigenvalue weighted by molar-refractivity contribution is 6.08. The van der Waals surface area contributed by atoms with Gasteiger partial charge in [-0.2, -0.15) is 0 Å². The molecule has 1 aromatic heterocycles. The van der Waals surface area contributed by atoms with Gasteiger partial charge in [-0.1, -0.05) is 32.0 Å². The first-order valence-electron chi connectivity index (χ1n) is 6.22. The van der Waals surface area contributed by atoms with Crippen molar-refractivity contribution in [2.45, 2.75) is 20.3 Å². The number of nitrogens with two attached hydrogens (primary N) is 1. The summed E-state index contributed by atoms with van der Waals surface area (Å²) in [6.45, 7) is 4.57. The van der Waals surface area contributed by atoms with Crippen LogP contribution in [0, 0.1) is 5.41 Å². The molecule has 0 spiro atoms. The summed E-state index contributed by atoms with van der Waals surface area (Å²) in [6.07, 6.45) is 2.40. The summed E-state index contributed by atoms with van der Waals surface area (Å²) < 4.78 is 2.00. The number of fused-ring (bicyclic) bond motifs is 1. The second kappa shape index (κ2) is 4.58. The molecule has 18 heavy (non-hydrogen) atoms. The molecule has 2 rings (SSSR count). The number of rotatable bonds is 4. The van der Waals surface area contributed by atoms with E-state index in [2.05, 4.69) is 0 Å². The molecule has 0 aliphatic rings. The Labute approximate surface area is 108 Å². The summed E-state index contributed by atoms with van der Waals surface area (Å²) in [4.78, 5) is 12.4. The van der Waals surface area contributed by atoms with Crippen molar-refractivity contribution in [1.82, 2.24) is 4.57 Å². The zero-order chi connectivity index (χ0) is 13.3. The molecule has 0 atom stereocenters. The minimum absolute atomic E-state index is 0.145. The van der Waals surface area contributed by atoms with E-state index >= 15 is 0 Å². The van der Waals surface area contributed by atoms with Crippen LogP contribution in [0.4, 0.5) is 0 Å². The minimum atomic E-state index is -0.145. The predicted octanol–water partition coefficient (Wildman–Crippen LogP) is 2.74. The van der Waals surface area contributed by atoms with Crippen molar-refractivity contribution >= 4 is 16.7 Å². The van der Waals surface area contributed by atoms with Crippen LogP contribution in [0.5, 0.6) is 0 Å². The van der Waals surface area contributed by atoms with Crippen LogP contribution in [0.1, 0.15) is 30.6 Å². The molecule has 1 heterocycles. The topological polar surface area (TPSA) is 48.0 Å². The van der Waals surface area contributed by atoms with Gasteiger partial charge in [-0.3, -0.25) is 4.79 Å².